The van der Waals surface area contributed by atoms with E-state index >= 15 is 0 Å². The van der Waals surface area contributed by atoms with E-state index in [2.05, 4.69) is 63.0 Å². The molecule has 156 valence electrons. The molecule has 31 heavy (non-hydrogen) atoms. The van der Waals surface area contributed by atoms with Crippen LogP contribution in [0, 0.1) is 0 Å². The molecule has 0 saturated carbocycles. The molecule has 3 aromatic carbocycles. The number of nitrogens with zero attached hydrogens (tertiary/aromatic N) is 5. The highest BCUT2D eigenvalue weighted by atomic mass is 32.1. The van der Waals surface area contributed by atoms with Crippen LogP contribution >= 0.6 is 12.6 Å². The van der Waals surface area contributed by atoms with Crippen LogP contribution in [0.5, 0.6) is 5.75 Å². The van der Waals surface area contributed by atoms with Crippen molar-refractivity contribution >= 4 is 40.0 Å². The first-order valence-corrected chi connectivity index (χ1v) is 10.5. The number of aromatic hydroxyl groups is 1. The number of aryl methyl sites for hydroxylation is 1. The highest BCUT2D eigenvalue weighted by Crippen LogP contribution is 2.38. The number of H-pyrrole nitrogens is 1. The SMILES string of the molecule is CCc1n[nH]c2cc(O)c(-c3nnc(S)n3-c3ccc(N(C)C)c4ccccc34)cc12. The van der Waals surface area contributed by atoms with Gasteiger partial charge in [-0.05, 0) is 24.6 Å². The molecule has 0 aliphatic rings. The average Bonchev–Trinajstić information content (AvgIpc) is 3.34. The zero-order valence-electron chi connectivity index (χ0n) is 17.5. The average molecular weight is 431 g/mol. The van der Waals surface area contributed by atoms with Crippen molar-refractivity contribution in [2.75, 3.05) is 19.0 Å². The Morgan fingerprint density at radius 3 is 2.55 bits per heavy atom. The minimum Gasteiger partial charge on any atom is -0.507 e. The van der Waals surface area contributed by atoms with Crippen LogP contribution in [0.25, 0.3) is 38.8 Å². The van der Waals surface area contributed by atoms with E-state index in [4.69, 9.17) is 0 Å². The van der Waals surface area contributed by atoms with Crippen LogP contribution in [-0.4, -0.2) is 44.2 Å². The number of hydrogen-bond acceptors (Lipinski definition) is 6. The summed E-state index contributed by atoms with van der Waals surface area (Å²) in [4.78, 5) is 2.09. The summed E-state index contributed by atoms with van der Waals surface area (Å²) in [6.07, 6.45) is 0.783. The van der Waals surface area contributed by atoms with Gasteiger partial charge in [0.25, 0.3) is 0 Å². The van der Waals surface area contributed by atoms with Gasteiger partial charge < -0.3 is 10.0 Å². The number of anilines is 1. The minimum absolute atomic E-state index is 0.106. The van der Waals surface area contributed by atoms with Gasteiger partial charge in [-0.25, -0.2) is 0 Å². The lowest BCUT2D eigenvalue weighted by Gasteiger charge is -2.19. The largest absolute Gasteiger partial charge is 0.507 e. The summed E-state index contributed by atoms with van der Waals surface area (Å²) < 4.78 is 1.87. The summed E-state index contributed by atoms with van der Waals surface area (Å²) in [7, 11) is 4.05. The van der Waals surface area contributed by atoms with Gasteiger partial charge in [-0.2, -0.15) is 5.10 Å². The molecule has 0 saturated heterocycles. The van der Waals surface area contributed by atoms with E-state index in [0.717, 1.165) is 45.2 Å². The fourth-order valence-corrected chi connectivity index (χ4v) is 4.33. The minimum atomic E-state index is 0.106. The number of benzene rings is 3. The van der Waals surface area contributed by atoms with E-state index in [1.807, 2.05) is 42.9 Å². The quantitative estimate of drug-likeness (QED) is 0.363. The van der Waals surface area contributed by atoms with Gasteiger partial charge in [-0.1, -0.05) is 31.2 Å². The molecule has 0 aliphatic carbocycles. The Morgan fingerprint density at radius 1 is 1.03 bits per heavy atom. The van der Waals surface area contributed by atoms with Crippen molar-refractivity contribution in [3.05, 3.63) is 54.2 Å². The van der Waals surface area contributed by atoms with Gasteiger partial charge in [0, 0.05) is 42.0 Å². The predicted octanol–water partition coefficient (Wildman–Crippen LogP) is 4.59. The molecule has 0 spiro atoms. The Labute approximate surface area is 184 Å². The molecular weight excluding hydrogens is 408 g/mol. The first-order valence-electron chi connectivity index (χ1n) is 10.0. The summed E-state index contributed by atoms with van der Waals surface area (Å²) in [5, 5.41) is 30.3. The fraction of sp³-hybridized carbons (Fsp3) is 0.174. The summed E-state index contributed by atoms with van der Waals surface area (Å²) >= 11 is 4.59. The maximum absolute atomic E-state index is 10.8. The molecule has 2 heterocycles. The maximum atomic E-state index is 10.8. The zero-order chi connectivity index (χ0) is 21.7. The third-order valence-corrected chi connectivity index (χ3v) is 5.87. The molecule has 0 bridgehead atoms. The van der Waals surface area contributed by atoms with Gasteiger partial charge in [-0.15, -0.1) is 22.8 Å². The second-order valence-corrected chi connectivity index (χ2v) is 8.04. The number of thiol groups is 1. The lowest BCUT2D eigenvalue weighted by Crippen LogP contribution is -2.10. The van der Waals surface area contributed by atoms with Gasteiger partial charge in [0.2, 0.25) is 0 Å². The summed E-state index contributed by atoms with van der Waals surface area (Å²) in [5.74, 6) is 0.630. The standard InChI is InChI=1S/C23H22N6OS/c1-4-17-15-11-16(21(30)12-18(15)25-24-17)22-26-27-23(31)29(22)20-10-9-19(28(2)3)13-7-5-6-8-14(13)20/h5-12,30H,4H2,1-3H3,(H,24,25)(H,27,31). The molecule has 2 aromatic heterocycles. The number of hydrogen-bond donors (Lipinski definition) is 3. The number of aromatic amines is 1. The predicted molar refractivity (Wildman–Crippen MR) is 127 cm³/mol. The van der Waals surface area contributed by atoms with Gasteiger partial charge in [-0.3, -0.25) is 9.67 Å². The van der Waals surface area contributed by atoms with E-state index in [9.17, 15) is 5.11 Å². The van der Waals surface area contributed by atoms with Gasteiger partial charge in [0.15, 0.2) is 11.0 Å². The molecular formula is C23H22N6OS. The van der Waals surface area contributed by atoms with Crippen LogP contribution in [0.1, 0.15) is 12.6 Å². The van der Waals surface area contributed by atoms with Crippen LogP contribution in [0.3, 0.4) is 0 Å². The maximum Gasteiger partial charge on any atom is 0.193 e. The Kier molecular flexibility index (Phi) is 4.59. The van der Waals surface area contributed by atoms with E-state index < -0.39 is 0 Å². The first kappa shape index (κ1) is 19.4. The lowest BCUT2D eigenvalue weighted by atomic mass is 10.0. The molecule has 0 aliphatic heterocycles. The molecule has 0 unspecified atom stereocenters. The van der Waals surface area contributed by atoms with E-state index in [-0.39, 0.29) is 5.75 Å². The van der Waals surface area contributed by atoms with Gasteiger partial charge in [0.05, 0.1) is 22.5 Å². The Morgan fingerprint density at radius 2 is 1.81 bits per heavy atom. The molecule has 5 aromatic rings. The monoisotopic (exact) mass is 430 g/mol. The van der Waals surface area contributed by atoms with Crippen LogP contribution < -0.4 is 4.90 Å². The molecule has 2 N–H and O–H groups in total. The molecule has 0 amide bonds. The number of aromatic nitrogens is 5. The topological polar surface area (TPSA) is 82.9 Å². The van der Waals surface area contributed by atoms with Crippen LogP contribution in [0.4, 0.5) is 5.69 Å². The van der Waals surface area contributed by atoms with Crippen LogP contribution in [0.2, 0.25) is 0 Å². The summed E-state index contributed by atoms with van der Waals surface area (Å²) in [5.41, 5.74) is 4.32. The number of phenols is 1. The van der Waals surface area contributed by atoms with Crippen LogP contribution in [-0.2, 0) is 6.42 Å². The Hall–Kier alpha value is -3.52. The van der Waals surface area contributed by atoms with Crippen molar-refractivity contribution in [2.24, 2.45) is 0 Å². The normalized spacial score (nSPS) is 11.5. The third-order valence-electron chi connectivity index (χ3n) is 5.58. The molecule has 0 radical (unpaired) electrons. The van der Waals surface area contributed by atoms with Crippen molar-refractivity contribution < 1.29 is 5.11 Å². The van der Waals surface area contributed by atoms with Crippen molar-refractivity contribution in [1.82, 2.24) is 25.0 Å². The van der Waals surface area contributed by atoms with Gasteiger partial charge >= 0.3 is 0 Å². The summed E-state index contributed by atoms with van der Waals surface area (Å²) in [6, 6.07) is 15.9. The van der Waals surface area contributed by atoms with Crippen molar-refractivity contribution in [3.63, 3.8) is 0 Å². The Balaban J connectivity index is 1.79. The van der Waals surface area contributed by atoms with E-state index in [1.165, 1.54) is 0 Å². The Bertz CT molecular complexity index is 1440. The smallest absolute Gasteiger partial charge is 0.193 e. The van der Waals surface area contributed by atoms with Crippen molar-refractivity contribution in [2.45, 2.75) is 18.5 Å². The molecule has 7 nitrogen and oxygen atoms in total. The van der Waals surface area contributed by atoms with Crippen LogP contribution in [0.15, 0.2) is 53.7 Å². The molecule has 0 atom stereocenters. The number of rotatable bonds is 4. The third kappa shape index (κ3) is 3.02. The van der Waals surface area contributed by atoms with E-state index in [0.29, 0.717) is 16.5 Å². The molecule has 0 fully saturated rings. The number of nitrogens with one attached hydrogen (secondary N) is 1. The fourth-order valence-electron chi connectivity index (χ4n) is 4.08. The van der Waals surface area contributed by atoms with Crippen molar-refractivity contribution in [1.29, 1.82) is 0 Å². The van der Waals surface area contributed by atoms with E-state index in [1.54, 1.807) is 6.07 Å². The number of phenolic OH excluding ortho intramolecular Hbond substituents is 1. The van der Waals surface area contributed by atoms with Gasteiger partial charge in [0.1, 0.15) is 5.75 Å². The highest BCUT2D eigenvalue weighted by molar-refractivity contribution is 7.80. The van der Waals surface area contributed by atoms with Crippen molar-refractivity contribution in [3.8, 4) is 22.8 Å². The first-order chi connectivity index (χ1) is 15.0. The summed E-state index contributed by atoms with van der Waals surface area (Å²) in [6.45, 7) is 2.05. The second kappa shape index (κ2) is 7.31. The number of fused-ring (bicyclic) bond motifs is 2. The second-order valence-electron chi connectivity index (χ2n) is 7.64. The highest BCUT2D eigenvalue weighted by Gasteiger charge is 2.21. The lowest BCUT2D eigenvalue weighted by molar-refractivity contribution is 0.477. The molecule has 5 rings (SSSR count). The zero-order valence-corrected chi connectivity index (χ0v) is 18.4. The molecule has 8 heteroatoms.